The van der Waals surface area contributed by atoms with Gasteiger partial charge >= 0.3 is 0 Å². The molecule has 8 nitrogen and oxygen atoms in total. The van der Waals surface area contributed by atoms with Gasteiger partial charge in [-0.3, -0.25) is 19.4 Å². The van der Waals surface area contributed by atoms with Crippen molar-refractivity contribution in [3.05, 3.63) is 87.5 Å². The first-order valence-corrected chi connectivity index (χ1v) is 9.99. The van der Waals surface area contributed by atoms with Crippen molar-refractivity contribution < 1.29 is 9.18 Å². The van der Waals surface area contributed by atoms with E-state index in [1.54, 1.807) is 29.1 Å². The van der Waals surface area contributed by atoms with E-state index in [0.717, 1.165) is 5.69 Å². The number of carbonyl (C=O) groups excluding carboxylic acids is 1. The number of aromatic amines is 1. The minimum atomic E-state index is -0.509. The van der Waals surface area contributed by atoms with Crippen LogP contribution in [-0.2, 0) is 6.42 Å². The summed E-state index contributed by atoms with van der Waals surface area (Å²) in [6.07, 6.45) is 3.46. The highest BCUT2D eigenvalue weighted by molar-refractivity contribution is 5.94. The number of aromatic nitrogens is 5. The lowest BCUT2D eigenvalue weighted by Gasteiger charge is -2.19. The van der Waals surface area contributed by atoms with Crippen LogP contribution in [0.25, 0.3) is 5.65 Å². The summed E-state index contributed by atoms with van der Waals surface area (Å²) in [6, 6.07) is 8.73. The van der Waals surface area contributed by atoms with Crippen molar-refractivity contribution in [2.75, 3.05) is 0 Å². The highest BCUT2D eigenvalue weighted by Gasteiger charge is 2.20. The number of rotatable bonds is 6. The number of H-pyrrole nitrogens is 1. The van der Waals surface area contributed by atoms with Gasteiger partial charge in [0.25, 0.3) is 11.5 Å². The molecule has 4 aromatic rings. The smallest absolute Gasteiger partial charge is 0.272 e. The first-order chi connectivity index (χ1) is 14.8. The Morgan fingerprint density at radius 2 is 1.97 bits per heavy atom. The predicted octanol–water partition coefficient (Wildman–Crippen LogP) is 2.96. The molecule has 0 aliphatic heterocycles. The minimum Gasteiger partial charge on any atom is -0.345 e. The normalized spacial score (nSPS) is 12.4. The van der Waals surface area contributed by atoms with Gasteiger partial charge in [-0.25, -0.2) is 13.9 Å². The Bertz CT molecular complexity index is 1290. The highest BCUT2D eigenvalue weighted by Crippen LogP contribution is 2.19. The molecule has 9 heteroatoms. The van der Waals surface area contributed by atoms with E-state index in [2.05, 4.69) is 20.5 Å². The minimum absolute atomic E-state index is 0.128. The maximum absolute atomic E-state index is 13.5. The van der Waals surface area contributed by atoms with E-state index in [4.69, 9.17) is 0 Å². The molecule has 3 heterocycles. The fourth-order valence-electron chi connectivity index (χ4n) is 3.40. The Hall–Kier alpha value is -3.75. The molecule has 1 amide bonds. The number of hydrogen-bond donors (Lipinski definition) is 2. The first-order valence-electron chi connectivity index (χ1n) is 9.99. The monoisotopic (exact) mass is 422 g/mol. The molecule has 0 fully saturated rings. The fourth-order valence-corrected chi connectivity index (χ4v) is 3.40. The van der Waals surface area contributed by atoms with Crippen molar-refractivity contribution in [3.63, 3.8) is 0 Å². The number of nitrogens with zero attached hydrogens (tertiary/aromatic N) is 4. The maximum Gasteiger partial charge on any atom is 0.272 e. The molecule has 0 aliphatic carbocycles. The summed E-state index contributed by atoms with van der Waals surface area (Å²) < 4.78 is 16.5. The topological polar surface area (TPSA) is 97.1 Å². The van der Waals surface area contributed by atoms with Gasteiger partial charge in [0.1, 0.15) is 5.82 Å². The molecule has 0 radical (unpaired) electrons. The van der Waals surface area contributed by atoms with Gasteiger partial charge in [-0.05, 0) is 38.5 Å². The van der Waals surface area contributed by atoms with Crippen LogP contribution in [0.1, 0.15) is 53.2 Å². The molecular formula is C22H23FN6O2. The van der Waals surface area contributed by atoms with E-state index in [0.29, 0.717) is 22.5 Å². The zero-order valence-corrected chi connectivity index (χ0v) is 17.5. The molecule has 0 bridgehead atoms. The lowest BCUT2D eigenvalue weighted by molar-refractivity contribution is 0.0936. The van der Waals surface area contributed by atoms with E-state index >= 15 is 0 Å². The van der Waals surface area contributed by atoms with Crippen LogP contribution in [0.4, 0.5) is 4.39 Å². The van der Waals surface area contributed by atoms with Gasteiger partial charge in [0.2, 0.25) is 0 Å². The van der Waals surface area contributed by atoms with Gasteiger partial charge in [0.05, 0.1) is 23.5 Å². The number of benzene rings is 1. The number of aryl methyl sites for hydroxylation is 1. The second kappa shape index (κ2) is 8.17. The molecule has 160 valence electrons. The van der Waals surface area contributed by atoms with Crippen molar-refractivity contribution in [1.82, 2.24) is 29.7 Å². The molecule has 2 N–H and O–H groups in total. The Morgan fingerprint density at radius 3 is 2.65 bits per heavy atom. The van der Waals surface area contributed by atoms with Crippen LogP contribution in [0, 0.1) is 12.7 Å². The summed E-state index contributed by atoms with van der Waals surface area (Å²) in [4.78, 5) is 29.8. The summed E-state index contributed by atoms with van der Waals surface area (Å²) >= 11 is 0. The second-order valence-corrected chi connectivity index (χ2v) is 7.80. The third-order valence-electron chi connectivity index (χ3n) is 5.02. The van der Waals surface area contributed by atoms with Gasteiger partial charge < -0.3 is 5.32 Å². The molecule has 0 spiro atoms. The second-order valence-electron chi connectivity index (χ2n) is 7.80. The van der Waals surface area contributed by atoms with Crippen molar-refractivity contribution in [2.45, 2.75) is 39.3 Å². The summed E-state index contributed by atoms with van der Waals surface area (Å²) in [5, 5.41) is 10.1. The Labute approximate surface area is 177 Å². The Balaban J connectivity index is 1.65. The molecule has 0 saturated carbocycles. The number of hydrogen-bond acceptors (Lipinski definition) is 4. The van der Waals surface area contributed by atoms with E-state index in [9.17, 15) is 14.0 Å². The molecule has 1 aromatic carbocycles. The fraction of sp³-hybridized carbons (Fsp3) is 0.273. The van der Waals surface area contributed by atoms with Gasteiger partial charge in [0.15, 0.2) is 5.65 Å². The molecule has 0 unspecified atom stereocenters. The largest absolute Gasteiger partial charge is 0.345 e. The summed E-state index contributed by atoms with van der Waals surface area (Å²) in [7, 11) is 0. The molecule has 0 aliphatic rings. The average molecular weight is 422 g/mol. The lowest BCUT2D eigenvalue weighted by atomic mass is 10.0. The van der Waals surface area contributed by atoms with Crippen LogP contribution in [0.2, 0.25) is 0 Å². The van der Waals surface area contributed by atoms with Crippen LogP contribution in [0.5, 0.6) is 0 Å². The van der Waals surface area contributed by atoms with Gasteiger partial charge in [0, 0.05) is 36.5 Å². The van der Waals surface area contributed by atoms with Gasteiger partial charge in [-0.1, -0.05) is 12.1 Å². The van der Waals surface area contributed by atoms with E-state index in [1.165, 1.54) is 28.9 Å². The number of amides is 1. The van der Waals surface area contributed by atoms with Gasteiger partial charge in [-0.2, -0.15) is 5.10 Å². The zero-order chi connectivity index (χ0) is 22.1. The van der Waals surface area contributed by atoms with Crippen LogP contribution < -0.4 is 10.9 Å². The van der Waals surface area contributed by atoms with Crippen LogP contribution in [-0.4, -0.2) is 30.3 Å². The van der Waals surface area contributed by atoms with E-state index in [-0.39, 0.29) is 29.7 Å². The third kappa shape index (κ3) is 4.40. The molecule has 3 aromatic heterocycles. The predicted molar refractivity (Wildman–Crippen MR) is 113 cm³/mol. The molecule has 0 saturated heterocycles. The Morgan fingerprint density at radius 1 is 1.23 bits per heavy atom. The summed E-state index contributed by atoms with van der Waals surface area (Å²) in [5.74, 6) is -0.677. The average Bonchev–Trinajstić information content (AvgIpc) is 3.35. The van der Waals surface area contributed by atoms with E-state index < -0.39 is 6.04 Å². The summed E-state index contributed by atoms with van der Waals surface area (Å²) in [5.41, 5.74) is 2.73. The maximum atomic E-state index is 13.5. The number of nitrogens with one attached hydrogen (secondary N) is 2. The zero-order valence-electron chi connectivity index (χ0n) is 17.5. The quantitative estimate of drug-likeness (QED) is 0.499. The number of fused-ring (bicyclic) bond motifs is 1. The van der Waals surface area contributed by atoms with Crippen molar-refractivity contribution >= 4 is 11.6 Å². The number of carbonyl (C=O) groups is 1. The standard InChI is InChI=1S/C22H23FN6O2/c1-13(2)28-12-16(11-24-28)22(31)26-19(15-4-6-17(23)7-5-15)9-18-10-21(30)29-20(25-18)8-14(3)27-29/h4-8,10-13,19,27H,9H2,1-3H3,(H,26,31)/t19-/m1/s1. The molecule has 1 atom stereocenters. The first kappa shape index (κ1) is 20.5. The molecule has 4 rings (SSSR count). The third-order valence-corrected chi connectivity index (χ3v) is 5.02. The SMILES string of the molecule is Cc1cc2nc(C[C@@H](NC(=O)c3cnn(C(C)C)c3)c3ccc(F)cc3)cc(=O)n2[nH]1. The molecule has 31 heavy (non-hydrogen) atoms. The number of halogens is 1. The Kier molecular flexibility index (Phi) is 5.41. The molecular weight excluding hydrogens is 399 g/mol. The van der Waals surface area contributed by atoms with Crippen molar-refractivity contribution in [1.29, 1.82) is 0 Å². The summed E-state index contributed by atoms with van der Waals surface area (Å²) in [6.45, 7) is 5.78. The van der Waals surface area contributed by atoms with Crippen LogP contribution in [0.3, 0.4) is 0 Å². The lowest BCUT2D eigenvalue weighted by Crippen LogP contribution is -2.30. The van der Waals surface area contributed by atoms with Crippen molar-refractivity contribution in [3.8, 4) is 0 Å². The van der Waals surface area contributed by atoms with Crippen LogP contribution in [0.15, 0.2) is 53.6 Å². The van der Waals surface area contributed by atoms with Gasteiger partial charge in [-0.15, -0.1) is 0 Å². The van der Waals surface area contributed by atoms with Crippen LogP contribution >= 0.6 is 0 Å². The van der Waals surface area contributed by atoms with Crippen molar-refractivity contribution in [2.24, 2.45) is 0 Å². The van der Waals surface area contributed by atoms with E-state index in [1.807, 2.05) is 20.8 Å². The highest BCUT2D eigenvalue weighted by atomic mass is 19.1.